The molecular formula is C27H27ClN6O4. The second-order valence-electron chi connectivity index (χ2n) is 9.51. The highest BCUT2D eigenvalue weighted by Crippen LogP contribution is 2.46. The predicted molar refractivity (Wildman–Crippen MR) is 139 cm³/mol. The third-order valence-electron chi connectivity index (χ3n) is 6.95. The van der Waals surface area contributed by atoms with Crippen molar-refractivity contribution in [3.05, 3.63) is 58.9 Å². The van der Waals surface area contributed by atoms with Gasteiger partial charge in [-0.25, -0.2) is 4.98 Å². The third kappa shape index (κ3) is 4.13. The fraction of sp³-hybridized carbons (Fsp3) is 0.370. The van der Waals surface area contributed by atoms with E-state index < -0.39 is 12.1 Å². The van der Waals surface area contributed by atoms with Gasteiger partial charge >= 0.3 is 6.01 Å². The van der Waals surface area contributed by atoms with Crippen molar-refractivity contribution < 1.29 is 19.1 Å². The first-order valence-electron chi connectivity index (χ1n) is 12.2. The number of hydrogen-bond acceptors (Lipinski definition) is 7. The average molecular weight is 535 g/mol. The van der Waals surface area contributed by atoms with E-state index in [0.29, 0.717) is 41.2 Å². The number of amides is 2. The predicted octanol–water partition coefficient (Wildman–Crippen LogP) is 3.46. The standard InChI is InChI=1S/C27H27ClN6O4/c1-14(2)33-20(19-13-31-27(38-4)32-25(19)37-3)10-18-23(33)22(16-7-5-15(11-29)6-8-16)34(26(18)36)21-9-17(28)12-30-24(21)35/h5-8,10,13-14,17,21-22H,9,12H2,1-4H3,(H,30,35). The smallest absolute Gasteiger partial charge is 0.319 e. The van der Waals surface area contributed by atoms with Crippen molar-refractivity contribution in [2.24, 2.45) is 0 Å². The van der Waals surface area contributed by atoms with Gasteiger partial charge in [-0.15, -0.1) is 11.6 Å². The van der Waals surface area contributed by atoms with E-state index in [4.69, 9.17) is 21.1 Å². The zero-order chi connectivity index (χ0) is 27.1. The lowest BCUT2D eigenvalue weighted by atomic mass is 9.98. The van der Waals surface area contributed by atoms with Crippen molar-refractivity contribution >= 4 is 23.4 Å². The number of carbonyl (C=O) groups excluding carboxylic acids is 2. The van der Waals surface area contributed by atoms with Gasteiger partial charge in [0.15, 0.2) is 0 Å². The van der Waals surface area contributed by atoms with Crippen LogP contribution >= 0.6 is 11.6 Å². The number of carbonyl (C=O) groups is 2. The van der Waals surface area contributed by atoms with Crippen molar-refractivity contribution in [2.75, 3.05) is 20.8 Å². The summed E-state index contributed by atoms with van der Waals surface area (Å²) in [6, 6.07) is 9.79. The van der Waals surface area contributed by atoms with Gasteiger partial charge in [-0.05, 0) is 44.0 Å². The molecular weight excluding hydrogens is 508 g/mol. The number of hydrogen-bond donors (Lipinski definition) is 1. The lowest BCUT2D eigenvalue weighted by molar-refractivity contribution is -0.127. The number of nitrogens with one attached hydrogen (secondary N) is 1. The highest BCUT2D eigenvalue weighted by atomic mass is 35.5. The van der Waals surface area contributed by atoms with E-state index in [2.05, 4.69) is 25.9 Å². The van der Waals surface area contributed by atoms with E-state index in [1.807, 2.05) is 26.0 Å². The van der Waals surface area contributed by atoms with Crippen molar-refractivity contribution in [2.45, 2.75) is 43.8 Å². The largest absolute Gasteiger partial charge is 0.480 e. The summed E-state index contributed by atoms with van der Waals surface area (Å²) >= 11 is 6.43. The van der Waals surface area contributed by atoms with Gasteiger partial charge in [-0.3, -0.25) is 9.59 Å². The summed E-state index contributed by atoms with van der Waals surface area (Å²) in [5, 5.41) is 11.9. The fourth-order valence-electron chi connectivity index (χ4n) is 5.30. The minimum absolute atomic E-state index is 0.0739. The van der Waals surface area contributed by atoms with Crippen LogP contribution in [0.4, 0.5) is 0 Å². The van der Waals surface area contributed by atoms with E-state index in [0.717, 1.165) is 11.3 Å². The molecule has 0 saturated carbocycles. The zero-order valence-electron chi connectivity index (χ0n) is 21.4. The van der Waals surface area contributed by atoms with Crippen LogP contribution < -0.4 is 14.8 Å². The molecule has 5 rings (SSSR count). The summed E-state index contributed by atoms with van der Waals surface area (Å²) < 4.78 is 12.8. The average Bonchev–Trinajstić information content (AvgIpc) is 3.44. The highest BCUT2D eigenvalue weighted by molar-refractivity contribution is 6.21. The minimum atomic E-state index is -0.741. The van der Waals surface area contributed by atoms with Crippen LogP contribution in [0.2, 0.25) is 0 Å². The summed E-state index contributed by atoms with van der Waals surface area (Å²) in [5.41, 5.74) is 3.81. The molecule has 2 amide bonds. The van der Waals surface area contributed by atoms with Gasteiger partial charge in [0.2, 0.25) is 11.8 Å². The Morgan fingerprint density at radius 2 is 1.89 bits per heavy atom. The van der Waals surface area contributed by atoms with Crippen molar-refractivity contribution in [1.82, 2.24) is 24.8 Å². The molecule has 2 aliphatic rings. The molecule has 38 heavy (non-hydrogen) atoms. The quantitative estimate of drug-likeness (QED) is 0.480. The molecule has 0 aliphatic carbocycles. The lowest BCUT2D eigenvalue weighted by Gasteiger charge is -2.37. The number of methoxy groups -OCH3 is 2. The van der Waals surface area contributed by atoms with Crippen LogP contribution in [0, 0.1) is 11.3 Å². The minimum Gasteiger partial charge on any atom is -0.480 e. The van der Waals surface area contributed by atoms with Gasteiger partial charge in [0.25, 0.3) is 5.91 Å². The Balaban J connectivity index is 1.73. The molecule has 2 aliphatic heterocycles. The van der Waals surface area contributed by atoms with Crippen LogP contribution in [0.15, 0.2) is 36.5 Å². The Morgan fingerprint density at radius 3 is 2.53 bits per heavy atom. The number of ether oxygens (including phenoxy) is 2. The second-order valence-corrected chi connectivity index (χ2v) is 10.1. The number of halogens is 1. The summed E-state index contributed by atoms with van der Waals surface area (Å²) in [6.07, 6.45) is 1.95. The Hall–Kier alpha value is -4.10. The summed E-state index contributed by atoms with van der Waals surface area (Å²) in [7, 11) is 2.99. The molecule has 4 heterocycles. The molecule has 1 saturated heterocycles. The highest BCUT2D eigenvalue weighted by Gasteiger charge is 2.48. The molecule has 11 heteroatoms. The number of benzene rings is 1. The Bertz CT molecular complexity index is 1440. The molecule has 2 aromatic heterocycles. The van der Waals surface area contributed by atoms with E-state index in [9.17, 15) is 14.9 Å². The molecule has 10 nitrogen and oxygen atoms in total. The molecule has 1 fully saturated rings. The van der Waals surface area contributed by atoms with Gasteiger partial charge in [-0.2, -0.15) is 10.2 Å². The van der Waals surface area contributed by atoms with E-state index >= 15 is 0 Å². The number of nitriles is 1. The first-order valence-corrected chi connectivity index (χ1v) is 12.7. The fourth-order valence-corrected chi connectivity index (χ4v) is 5.55. The Morgan fingerprint density at radius 1 is 1.16 bits per heavy atom. The molecule has 3 aromatic rings. The van der Waals surface area contributed by atoms with Crippen LogP contribution in [-0.2, 0) is 4.79 Å². The summed E-state index contributed by atoms with van der Waals surface area (Å²) in [6.45, 7) is 4.39. The molecule has 1 aromatic carbocycles. The van der Waals surface area contributed by atoms with Crippen LogP contribution in [0.3, 0.4) is 0 Å². The van der Waals surface area contributed by atoms with Crippen LogP contribution in [0.1, 0.15) is 59.5 Å². The molecule has 0 radical (unpaired) electrons. The Labute approximate surface area is 225 Å². The lowest BCUT2D eigenvalue weighted by Crippen LogP contribution is -2.55. The van der Waals surface area contributed by atoms with Crippen LogP contribution in [-0.4, -0.2) is 63.4 Å². The van der Waals surface area contributed by atoms with Gasteiger partial charge in [-0.1, -0.05) is 12.1 Å². The third-order valence-corrected chi connectivity index (χ3v) is 7.28. The number of fused-ring (bicyclic) bond motifs is 1. The number of aromatic nitrogens is 3. The molecule has 0 spiro atoms. The monoisotopic (exact) mass is 534 g/mol. The molecule has 0 bridgehead atoms. The van der Waals surface area contributed by atoms with Crippen molar-refractivity contribution in [3.63, 3.8) is 0 Å². The maximum atomic E-state index is 14.1. The van der Waals surface area contributed by atoms with Gasteiger partial charge in [0, 0.05) is 18.8 Å². The van der Waals surface area contributed by atoms with Crippen LogP contribution in [0.5, 0.6) is 11.9 Å². The van der Waals surface area contributed by atoms with Crippen molar-refractivity contribution in [3.8, 4) is 29.2 Å². The first-order chi connectivity index (χ1) is 18.3. The van der Waals surface area contributed by atoms with Gasteiger partial charge < -0.3 is 24.3 Å². The normalized spacial score (nSPS) is 20.8. The molecule has 3 unspecified atom stereocenters. The second kappa shape index (κ2) is 9.99. The van der Waals surface area contributed by atoms with Gasteiger partial charge in [0.05, 0.1) is 59.8 Å². The van der Waals surface area contributed by atoms with Crippen LogP contribution in [0.25, 0.3) is 11.3 Å². The van der Waals surface area contributed by atoms with Crippen molar-refractivity contribution in [1.29, 1.82) is 5.26 Å². The SMILES string of the molecule is COc1ncc(-c2cc3c(n2C(C)C)C(c2ccc(C#N)cc2)N(C2CC(Cl)CNC2=O)C3=O)c(OC)n1. The topological polar surface area (TPSA) is 122 Å². The maximum Gasteiger partial charge on any atom is 0.319 e. The summed E-state index contributed by atoms with van der Waals surface area (Å²) in [5.74, 6) is -0.194. The number of piperidine rings is 1. The number of rotatable bonds is 6. The molecule has 1 N–H and O–H groups in total. The zero-order valence-corrected chi connectivity index (χ0v) is 22.2. The number of nitrogens with zero attached hydrogens (tertiary/aromatic N) is 5. The first kappa shape index (κ1) is 25.5. The number of alkyl halides is 1. The van der Waals surface area contributed by atoms with E-state index in [-0.39, 0.29) is 29.2 Å². The Kier molecular flexibility index (Phi) is 6.71. The maximum absolute atomic E-state index is 14.1. The van der Waals surface area contributed by atoms with Gasteiger partial charge in [0.1, 0.15) is 6.04 Å². The molecule has 196 valence electrons. The van der Waals surface area contributed by atoms with E-state index in [1.165, 1.54) is 14.2 Å². The molecule has 3 atom stereocenters. The van der Waals surface area contributed by atoms with E-state index in [1.54, 1.807) is 29.3 Å². The summed E-state index contributed by atoms with van der Waals surface area (Å²) in [4.78, 5) is 37.3.